The van der Waals surface area contributed by atoms with Crippen LogP contribution in [0.15, 0.2) is 64.9 Å². The summed E-state index contributed by atoms with van der Waals surface area (Å²) in [5.41, 5.74) is 0.669. The molecule has 1 atom stereocenters. The Morgan fingerprint density at radius 1 is 1.12 bits per heavy atom. The number of nitrogens with one attached hydrogen (secondary N) is 2. The summed E-state index contributed by atoms with van der Waals surface area (Å²) in [5, 5.41) is 7.65. The van der Waals surface area contributed by atoms with Crippen LogP contribution >= 0.6 is 11.3 Å². The maximum atomic E-state index is 13.5. The van der Waals surface area contributed by atoms with Gasteiger partial charge < -0.3 is 20.0 Å². The number of nitrogens with zero attached hydrogens (tertiary/aromatic N) is 2. The number of furan rings is 1. The number of hydrogen-bond acceptors (Lipinski definition) is 6. The van der Waals surface area contributed by atoms with Gasteiger partial charge in [-0.2, -0.15) is 0 Å². The van der Waals surface area contributed by atoms with Gasteiger partial charge in [-0.1, -0.05) is 18.9 Å². The second-order valence-electron chi connectivity index (χ2n) is 7.93. The molecule has 0 spiro atoms. The average Bonchev–Trinajstić information content (AvgIpc) is 3.61. The summed E-state index contributed by atoms with van der Waals surface area (Å²) in [4.78, 5) is 45.7. The molecule has 0 saturated heterocycles. The zero-order chi connectivity index (χ0) is 23.0. The molecule has 1 aliphatic carbocycles. The van der Waals surface area contributed by atoms with Gasteiger partial charge in [-0.3, -0.25) is 19.4 Å². The Morgan fingerprint density at radius 3 is 2.58 bits per heavy atom. The minimum atomic E-state index is -0.844. The van der Waals surface area contributed by atoms with Crippen LogP contribution in [0.3, 0.4) is 0 Å². The SMILES string of the molecule is O=C(NCC(=O)N(Cc1cccs1)[C@H](C(=O)NC1CCCC1)c1ccncc1)c1ccco1. The van der Waals surface area contributed by atoms with Crippen molar-refractivity contribution in [3.63, 3.8) is 0 Å². The predicted molar refractivity (Wildman–Crippen MR) is 123 cm³/mol. The van der Waals surface area contributed by atoms with E-state index in [1.165, 1.54) is 28.6 Å². The van der Waals surface area contributed by atoms with Crippen molar-refractivity contribution < 1.29 is 18.8 Å². The summed E-state index contributed by atoms with van der Waals surface area (Å²) in [6, 6.07) is 9.71. The lowest BCUT2D eigenvalue weighted by Crippen LogP contribution is -2.48. The first-order valence-corrected chi connectivity index (χ1v) is 11.8. The third kappa shape index (κ3) is 5.87. The fraction of sp³-hybridized carbons (Fsp3) is 0.333. The van der Waals surface area contributed by atoms with Gasteiger partial charge in [-0.15, -0.1) is 11.3 Å². The lowest BCUT2D eigenvalue weighted by Gasteiger charge is -2.32. The normalized spacial score (nSPS) is 14.5. The minimum Gasteiger partial charge on any atom is -0.459 e. The highest BCUT2D eigenvalue weighted by atomic mass is 32.1. The Morgan fingerprint density at radius 2 is 1.91 bits per heavy atom. The number of hydrogen-bond donors (Lipinski definition) is 2. The smallest absolute Gasteiger partial charge is 0.287 e. The fourth-order valence-electron chi connectivity index (χ4n) is 4.02. The largest absolute Gasteiger partial charge is 0.459 e. The summed E-state index contributed by atoms with van der Waals surface area (Å²) in [6.45, 7) is -0.0125. The van der Waals surface area contributed by atoms with Crippen molar-refractivity contribution in [1.82, 2.24) is 20.5 Å². The Kier molecular flexibility index (Phi) is 7.51. The third-order valence-corrected chi connectivity index (χ3v) is 6.52. The van der Waals surface area contributed by atoms with Crippen LogP contribution < -0.4 is 10.6 Å². The zero-order valence-corrected chi connectivity index (χ0v) is 18.9. The first kappa shape index (κ1) is 22.7. The molecule has 0 bridgehead atoms. The van der Waals surface area contributed by atoms with Crippen LogP contribution in [0.2, 0.25) is 0 Å². The van der Waals surface area contributed by atoms with E-state index in [0.717, 1.165) is 30.6 Å². The summed E-state index contributed by atoms with van der Waals surface area (Å²) >= 11 is 1.51. The molecular weight excluding hydrogens is 440 g/mol. The minimum absolute atomic E-state index is 0.110. The van der Waals surface area contributed by atoms with Crippen molar-refractivity contribution in [2.24, 2.45) is 0 Å². The molecule has 2 N–H and O–H groups in total. The molecule has 0 unspecified atom stereocenters. The first-order valence-electron chi connectivity index (χ1n) is 11.0. The standard InChI is InChI=1S/C24H26N4O4S/c29-21(15-26-23(30)20-8-3-13-32-20)28(16-19-7-4-14-33-19)22(17-9-11-25-12-10-17)24(31)27-18-5-1-2-6-18/h3-4,7-14,18,22H,1-2,5-6,15-16H2,(H,26,30)(H,27,31)/t22-/m0/s1. The molecule has 0 aromatic carbocycles. The molecule has 33 heavy (non-hydrogen) atoms. The highest BCUT2D eigenvalue weighted by molar-refractivity contribution is 7.09. The van der Waals surface area contributed by atoms with E-state index in [2.05, 4.69) is 15.6 Å². The fourth-order valence-corrected chi connectivity index (χ4v) is 4.72. The number of thiophene rings is 1. The maximum Gasteiger partial charge on any atom is 0.287 e. The van der Waals surface area contributed by atoms with Gasteiger partial charge in [0.15, 0.2) is 5.76 Å². The molecule has 1 fully saturated rings. The van der Waals surface area contributed by atoms with E-state index in [1.54, 1.807) is 30.6 Å². The second kappa shape index (κ2) is 10.9. The molecule has 9 heteroatoms. The van der Waals surface area contributed by atoms with Crippen LogP contribution in [0, 0.1) is 0 Å². The van der Waals surface area contributed by atoms with E-state index in [1.807, 2.05) is 17.5 Å². The quantitative estimate of drug-likeness (QED) is 0.504. The topological polar surface area (TPSA) is 105 Å². The highest BCUT2D eigenvalue weighted by Crippen LogP contribution is 2.26. The lowest BCUT2D eigenvalue weighted by molar-refractivity contribution is -0.141. The van der Waals surface area contributed by atoms with Gasteiger partial charge in [0.2, 0.25) is 11.8 Å². The van der Waals surface area contributed by atoms with Crippen LogP contribution in [-0.4, -0.2) is 40.2 Å². The zero-order valence-electron chi connectivity index (χ0n) is 18.1. The van der Waals surface area contributed by atoms with Gasteiger partial charge in [-0.25, -0.2) is 0 Å². The number of rotatable bonds is 9. The van der Waals surface area contributed by atoms with Gasteiger partial charge in [0, 0.05) is 23.3 Å². The number of amides is 3. The van der Waals surface area contributed by atoms with Crippen LogP contribution in [0.5, 0.6) is 0 Å². The first-order chi connectivity index (χ1) is 16.1. The van der Waals surface area contributed by atoms with E-state index in [-0.39, 0.29) is 36.7 Å². The number of carbonyl (C=O) groups is 3. The lowest BCUT2D eigenvalue weighted by atomic mass is 10.0. The van der Waals surface area contributed by atoms with Crippen LogP contribution in [0.25, 0.3) is 0 Å². The molecule has 8 nitrogen and oxygen atoms in total. The molecule has 1 saturated carbocycles. The van der Waals surface area contributed by atoms with Crippen LogP contribution in [0.1, 0.15) is 52.7 Å². The Hall–Kier alpha value is -3.46. The summed E-state index contributed by atoms with van der Waals surface area (Å²) in [6.07, 6.45) is 8.66. The van der Waals surface area contributed by atoms with Crippen molar-refractivity contribution in [3.05, 3.63) is 76.6 Å². The monoisotopic (exact) mass is 466 g/mol. The van der Waals surface area contributed by atoms with Crippen molar-refractivity contribution in [2.75, 3.05) is 6.54 Å². The molecule has 3 aromatic rings. The third-order valence-electron chi connectivity index (χ3n) is 5.66. The number of aromatic nitrogens is 1. The molecule has 1 aliphatic rings. The Bertz CT molecular complexity index is 1050. The maximum absolute atomic E-state index is 13.5. The molecule has 3 heterocycles. The van der Waals surface area contributed by atoms with E-state index >= 15 is 0 Å². The number of carbonyl (C=O) groups excluding carboxylic acids is 3. The second-order valence-corrected chi connectivity index (χ2v) is 8.97. The average molecular weight is 467 g/mol. The Labute approximate surface area is 196 Å². The van der Waals surface area contributed by atoms with E-state index < -0.39 is 11.9 Å². The van der Waals surface area contributed by atoms with E-state index in [9.17, 15) is 14.4 Å². The predicted octanol–water partition coefficient (Wildman–Crippen LogP) is 3.29. The van der Waals surface area contributed by atoms with Crippen molar-refractivity contribution in [2.45, 2.75) is 44.3 Å². The van der Waals surface area contributed by atoms with Crippen molar-refractivity contribution >= 4 is 29.1 Å². The number of pyridine rings is 1. The highest BCUT2D eigenvalue weighted by Gasteiger charge is 2.33. The molecule has 3 aromatic heterocycles. The summed E-state index contributed by atoms with van der Waals surface area (Å²) in [7, 11) is 0. The molecular formula is C24H26N4O4S. The van der Waals surface area contributed by atoms with Crippen LogP contribution in [0.4, 0.5) is 0 Å². The molecule has 172 valence electrons. The molecule has 4 rings (SSSR count). The van der Waals surface area contributed by atoms with Crippen molar-refractivity contribution in [3.8, 4) is 0 Å². The molecule has 0 radical (unpaired) electrons. The molecule has 0 aliphatic heterocycles. The molecule has 3 amide bonds. The van der Waals surface area contributed by atoms with Gasteiger partial charge in [0.1, 0.15) is 6.04 Å². The van der Waals surface area contributed by atoms with Crippen molar-refractivity contribution in [1.29, 1.82) is 0 Å². The van der Waals surface area contributed by atoms with Crippen LogP contribution in [-0.2, 0) is 16.1 Å². The van der Waals surface area contributed by atoms with E-state index in [4.69, 9.17) is 4.42 Å². The summed E-state index contributed by atoms with van der Waals surface area (Å²) in [5.74, 6) is -0.959. The summed E-state index contributed by atoms with van der Waals surface area (Å²) < 4.78 is 5.10. The van der Waals surface area contributed by atoms with Gasteiger partial charge in [0.25, 0.3) is 5.91 Å². The van der Waals surface area contributed by atoms with Gasteiger partial charge in [0.05, 0.1) is 19.4 Å². The van der Waals surface area contributed by atoms with E-state index in [0.29, 0.717) is 5.56 Å². The Balaban J connectivity index is 1.58. The van der Waals surface area contributed by atoms with Gasteiger partial charge in [-0.05, 0) is 54.1 Å². The van der Waals surface area contributed by atoms with Gasteiger partial charge >= 0.3 is 0 Å².